The van der Waals surface area contributed by atoms with Crippen LogP contribution in [0.1, 0.15) is 19.3 Å². The molecular formula is C20H18ClFN4O2. The second-order valence-electron chi connectivity index (χ2n) is 7.12. The van der Waals surface area contributed by atoms with Crippen LogP contribution in [0.15, 0.2) is 36.7 Å². The van der Waals surface area contributed by atoms with Gasteiger partial charge in [-0.15, -0.1) is 0 Å². The van der Waals surface area contributed by atoms with E-state index in [9.17, 15) is 4.39 Å². The number of nitrogens with one attached hydrogen (secondary N) is 1. The zero-order valence-corrected chi connectivity index (χ0v) is 15.6. The summed E-state index contributed by atoms with van der Waals surface area (Å²) in [5.74, 6) is 0.568. The summed E-state index contributed by atoms with van der Waals surface area (Å²) >= 11 is 5.90. The molecule has 2 saturated heterocycles. The van der Waals surface area contributed by atoms with Crippen LogP contribution in [0.3, 0.4) is 0 Å². The van der Waals surface area contributed by atoms with E-state index in [0.29, 0.717) is 33.8 Å². The van der Waals surface area contributed by atoms with E-state index in [4.69, 9.17) is 26.8 Å². The number of nitrogens with zero attached hydrogens (tertiary/aromatic N) is 2. The van der Waals surface area contributed by atoms with Gasteiger partial charge in [-0.1, -0.05) is 11.6 Å². The average Bonchev–Trinajstić information content (AvgIpc) is 3.30. The summed E-state index contributed by atoms with van der Waals surface area (Å²) in [5, 5.41) is 3.87. The number of nitrogens with two attached hydrogens (primary N) is 1. The Balaban J connectivity index is 1.55. The minimum absolute atomic E-state index is 0.0264. The molecule has 8 heteroatoms. The van der Waals surface area contributed by atoms with E-state index in [2.05, 4.69) is 15.3 Å². The number of anilines is 3. The van der Waals surface area contributed by atoms with Crippen molar-refractivity contribution in [2.45, 2.75) is 37.6 Å². The molecule has 3 aromatic rings. The molecule has 0 spiro atoms. The third kappa shape index (κ3) is 3.00. The van der Waals surface area contributed by atoms with Crippen LogP contribution in [0.4, 0.5) is 21.6 Å². The summed E-state index contributed by atoms with van der Waals surface area (Å²) < 4.78 is 25.7. The molecule has 2 aromatic carbocycles. The number of fused-ring (bicyclic) bond motifs is 3. The summed E-state index contributed by atoms with van der Waals surface area (Å²) in [4.78, 5) is 8.69. The molecule has 3 unspecified atom stereocenters. The number of ether oxygens (including phenoxy) is 2. The van der Waals surface area contributed by atoms with E-state index in [-0.39, 0.29) is 23.3 Å². The van der Waals surface area contributed by atoms with Gasteiger partial charge in [0, 0.05) is 12.1 Å². The first-order valence-corrected chi connectivity index (χ1v) is 9.53. The number of halogens is 2. The highest BCUT2D eigenvalue weighted by atomic mass is 35.5. The van der Waals surface area contributed by atoms with E-state index in [1.54, 1.807) is 12.1 Å². The Bertz CT molecular complexity index is 1060. The van der Waals surface area contributed by atoms with Crippen LogP contribution >= 0.6 is 11.6 Å². The molecule has 0 radical (unpaired) electrons. The van der Waals surface area contributed by atoms with E-state index in [0.717, 1.165) is 19.3 Å². The molecule has 0 amide bonds. The van der Waals surface area contributed by atoms with Gasteiger partial charge in [0.1, 0.15) is 24.1 Å². The van der Waals surface area contributed by atoms with Gasteiger partial charge in [0.15, 0.2) is 5.75 Å². The minimum Gasteiger partial charge on any atom is -0.485 e. The Hall–Kier alpha value is -2.64. The fourth-order valence-corrected chi connectivity index (χ4v) is 4.12. The van der Waals surface area contributed by atoms with Crippen LogP contribution < -0.4 is 15.8 Å². The number of aromatic nitrogens is 2. The number of rotatable bonds is 4. The van der Waals surface area contributed by atoms with E-state index in [1.807, 2.05) is 6.07 Å². The maximum atomic E-state index is 13.5. The average molecular weight is 401 g/mol. The third-order valence-electron chi connectivity index (χ3n) is 5.29. The molecule has 3 N–H and O–H groups in total. The van der Waals surface area contributed by atoms with Crippen molar-refractivity contribution in [3.63, 3.8) is 0 Å². The van der Waals surface area contributed by atoms with Crippen LogP contribution in [-0.4, -0.2) is 28.3 Å². The highest BCUT2D eigenvalue weighted by molar-refractivity contribution is 6.31. The SMILES string of the molecule is Nc1ccc2ncnc(Nc3ccc(F)c(Cl)c3)c2c1OC1CC2CCC1O2. The molecule has 28 heavy (non-hydrogen) atoms. The predicted octanol–water partition coefficient (Wildman–Crippen LogP) is 4.45. The molecule has 144 valence electrons. The molecule has 3 heterocycles. The van der Waals surface area contributed by atoms with Crippen LogP contribution in [0, 0.1) is 5.82 Å². The summed E-state index contributed by atoms with van der Waals surface area (Å²) in [5.41, 5.74) is 8.05. The van der Waals surface area contributed by atoms with Crippen molar-refractivity contribution in [1.82, 2.24) is 9.97 Å². The van der Waals surface area contributed by atoms with Crippen LogP contribution in [0.25, 0.3) is 10.9 Å². The van der Waals surface area contributed by atoms with Gasteiger partial charge < -0.3 is 20.5 Å². The fraction of sp³-hybridized carbons (Fsp3) is 0.300. The number of hydrogen-bond donors (Lipinski definition) is 2. The molecule has 2 aliphatic rings. The molecule has 5 rings (SSSR count). The molecule has 6 nitrogen and oxygen atoms in total. The topological polar surface area (TPSA) is 82.3 Å². The molecule has 0 aliphatic carbocycles. The zero-order chi connectivity index (χ0) is 19.3. The molecule has 2 aliphatic heterocycles. The fourth-order valence-electron chi connectivity index (χ4n) is 3.94. The van der Waals surface area contributed by atoms with Gasteiger partial charge in [-0.2, -0.15) is 0 Å². The quantitative estimate of drug-likeness (QED) is 0.630. The largest absolute Gasteiger partial charge is 0.485 e. The lowest BCUT2D eigenvalue weighted by Gasteiger charge is -2.23. The lowest BCUT2D eigenvalue weighted by molar-refractivity contribution is 0.0649. The van der Waals surface area contributed by atoms with Crippen LogP contribution in [-0.2, 0) is 4.74 Å². The van der Waals surface area contributed by atoms with Crippen molar-refractivity contribution in [2.24, 2.45) is 0 Å². The monoisotopic (exact) mass is 400 g/mol. The van der Waals surface area contributed by atoms with E-state index in [1.165, 1.54) is 18.5 Å². The first-order chi connectivity index (χ1) is 13.6. The molecule has 3 atom stereocenters. The number of hydrogen-bond acceptors (Lipinski definition) is 6. The van der Waals surface area contributed by atoms with Gasteiger partial charge in [0.2, 0.25) is 0 Å². The lowest BCUT2D eigenvalue weighted by Crippen LogP contribution is -2.28. The summed E-state index contributed by atoms with van der Waals surface area (Å²) in [6, 6.07) is 7.98. The Labute approximate surface area is 165 Å². The summed E-state index contributed by atoms with van der Waals surface area (Å²) in [6.07, 6.45) is 4.70. The lowest BCUT2D eigenvalue weighted by atomic mass is 9.97. The van der Waals surface area contributed by atoms with Gasteiger partial charge in [0.25, 0.3) is 0 Å². The molecule has 2 fully saturated rings. The first-order valence-electron chi connectivity index (χ1n) is 9.16. The van der Waals surface area contributed by atoms with Crippen molar-refractivity contribution in [1.29, 1.82) is 0 Å². The van der Waals surface area contributed by atoms with Gasteiger partial charge in [-0.05, 0) is 43.2 Å². The molecule has 1 aromatic heterocycles. The molecule has 2 bridgehead atoms. The van der Waals surface area contributed by atoms with Crippen molar-refractivity contribution in [3.05, 3.63) is 47.5 Å². The van der Waals surface area contributed by atoms with E-state index < -0.39 is 5.82 Å². The molecule has 0 saturated carbocycles. The standard InChI is InChI=1S/C20H18ClFN4O2/c21-12-7-10(1-3-13(12)22)26-20-18-15(24-9-25-20)5-4-14(23)19(18)28-17-8-11-2-6-16(17)27-11/h1,3-5,7,9,11,16-17H,2,6,8,23H2,(H,24,25,26). The Morgan fingerprint density at radius 1 is 1.21 bits per heavy atom. The molecular weight excluding hydrogens is 383 g/mol. The van der Waals surface area contributed by atoms with Crippen molar-refractivity contribution in [3.8, 4) is 5.75 Å². The first kappa shape index (κ1) is 17.5. The van der Waals surface area contributed by atoms with Crippen molar-refractivity contribution in [2.75, 3.05) is 11.1 Å². The minimum atomic E-state index is -0.482. The smallest absolute Gasteiger partial charge is 0.155 e. The second kappa shape index (κ2) is 6.76. The van der Waals surface area contributed by atoms with Gasteiger partial charge in [-0.25, -0.2) is 14.4 Å². The zero-order valence-electron chi connectivity index (χ0n) is 14.9. The summed E-state index contributed by atoms with van der Waals surface area (Å²) in [7, 11) is 0. The number of nitrogen functional groups attached to an aromatic ring is 1. The summed E-state index contributed by atoms with van der Waals surface area (Å²) in [6.45, 7) is 0. The van der Waals surface area contributed by atoms with Gasteiger partial charge in [0.05, 0.1) is 33.8 Å². The maximum Gasteiger partial charge on any atom is 0.155 e. The third-order valence-corrected chi connectivity index (χ3v) is 5.58. The predicted molar refractivity (Wildman–Crippen MR) is 106 cm³/mol. The number of benzene rings is 2. The van der Waals surface area contributed by atoms with Crippen LogP contribution in [0.2, 0.25) is 5.02 Å². The van der Waals surface area contributed by atoms with Gasteiger partial charge in [-0.3, -0.25) is 0 Å². The highest BCUT2D eigenvalue weighted by Gasteiger charge is 2.42. The highest BCUT2D eigenvalue weighted by Crippen LogP contribution is 2.42. The van der Waals surface area contributed by atoms with Crippen LogP contribution in [0.5, 0.6) is 5.75 Å². The maximum absolute atomic E-state index is 13.5. The Kier molecular flexibility index (Phi) is 4.21. The Morgan fingerprint density at radius 3 is 2.86 bits per heavy atom. The van der Waals surface area contributed by atoms with Gasteiger partial charge >= 0.3 is 0 Å². The van der Waals surface area contributed by atoms with E-state index >= 15 is 0 Å². The van der Waals surface area contributed by atoms with Crippen molar-refractivity contribution < 1.29 is 13.9 Å². The van der Waals surface area contributed by atoms with Crippen molar-refractivity contribution >= 4 is 39.7 Å². The normalized spacial score (nSPS) is 23.3. The Morgan fingerprint density at radius 2 is 2.11 bits per heavy atom. The second-order valence-corrected chi connectivity index (χ2v) is 7.53.